The van der Waals surface area contributed by atoms with Gasteiger partial charge in [-0.1, -0.05) is 0 Å². The van der Waals surface area contributed by atoms with Crippen molar-refractivity contribution in [2.24, 2.45) is 0 Å². The van der Waals surface area contributed by atoms with E-state index in [0.717, 1.165) is 20.8 Å². The molecule has 0 N–H and O–H groups in total. The second-order valence-corrected chi connectivity index (χ2v) is 5.19. The molecule has 0 spiro atoms. The zero-order valence-electron chi connectivity index (χ0n) is 10.9. The Balaban J connectivity index is 2.02. The molecule has 0 unspecified atom stereocenters. The highest BCUT2D eigenvalue weighted by molar-refractivity contribution is 7.21. The molecule has 0 aliphatic heterocycles. The molecule has 4 nitrogen and oxygen atoms in total. The van der Waals surface area contributed by atoms with Gasteiger partial charge >= 0.3 is 5.97 Å². The fourth-order valence-corrected chi connectivity index (χ4v) is 2.84. The highest BCUT2D eigenvalue weighted by atomic mass is 32.1. The van der Waals surface area contributed by atoms with Gasteiger partial charge < -0.3 is 4.74 Å². The van der Waals surface area contributed by atoms with Crippen LogP contribution in [-0.2, 0) is 4.74 Å². The Morgan fingerprint density at radius 2 is 2.05 bits per heavy atom. The molecule has 0 aliphatic rings. The number of fused-ring (bicyclic) bond motifs is 1. The summed E-state index contributed by atoms with van der Waals surface area (Å²) < 4.78 is 6.04. The van der Waals surface area contributed by atoms with E-state index in [1.54, 1.807) is 42.8 Å². The number of ether oxygens (including phenoxy) is 1. The number of pyridine rings is 1. The van der Waals surface area contributed by atoms with Crippen LogP contribution in [-0.4, -0.2) is 22.5 Å². The lowest BCUT2D eigenvalue weighted by molar-refractivity contribution is 0.0526. The first-order valence-corrected chi connectivity index (χ1v) is 7.07. The zero-order chi connectivity index (χ0) is 13.9. The van der Waals surface area contributed by atoms with E-state index in [1.807, 2.05) is 18.2 Å². The van der Waals surface area contributed by atoms with Crippen LogP contribution in [0.2, 0.25) is 0 Å². The molecular formula is C15H12N2O2S. The molecule has 3 aromatic rings. The topological polar surface area (TPSA) is 52.1 Å². The van der Waals surface area contributed by atoms with Crippen LogP contribution in [0.3, 0.4) is 0 Å². The van der Waals surface area contributed by atoms with Crippen molar-refractivity contribution in [1.29, 1.82) is 0 Å². The molecule has 1 aromatic carbocycles. The third kappa shape index (κ3) is 2.40. The molecule has 3 rings (SSSR count). The Labute approximate surface area is 120 Å². The summed E-state index contributed by atoms with van der Waals surface area (Å²) in [6.07, 6.45) is 3.48. The number of carbonyl (C=O) groups excluding carboxylic acids is 1. The quantitative estimate of drug-likeness (QED) is 0.690. The predicted octanol–water partition coefficient (Wildman–Crippen LogP) is 3.54. The van der Waals surface area contributed by atoms with Crippen LogP contribution < -0.4 is 0 Å². The summed E-state index contributed by atoms with van der Waals surface area (Å²) in [4.78, 5) is 20.3. The van der Waals surface area contributed by atoms with E-state index in [-0.39, 0.29) is 5.97 Å². The molecule has 100 valence electrons. The first-order chi connectivity index (χ1) is 9.78. The number of rotatable bonds is 3. The molecule has 0 fully saturated rings. The molecule has 0 amide bonds. The van der Waals surface area contributed by atoms with Crippen LogP contribution in [0.25, 0.3) is 20.8 Å². The molecule has 0 aliphatic carbocycles. The summed E-state index contributed by atoms with van der Waals surface area (Å²) in [6.45, 7) is 2.16. The molecule has 2 aromatic heterocycles. The Kier molecular flexibility index (Phi) is 3.43. The van der Waals surface area contributed by atoms with Gasteiger partial charge in [-0.2, -0.15) is 0 Å². The van der Waals surface area contributed by atoms with E-state index in [0.29, 0.717) is 12.2 Å². The normalized spacial score (nSPS) is 10.7. The van der Waals surface area contributed by atoms with E-state index in [4.69, 9.17) is 4.74 Å². The van der Waals surface area contributed by atoms with Crippen LogP contribution in [0.1, 0.15) is 17.3 Å². The van der Waals surface area contributed by atoms with Crippen molar-refractivity contribution in [2.45, 2.75) is 6.92 Å². The van der Waals surface area contributed by atoms with Crippen LogP contribution in [0.5, 0.6) is 0 Å². The third-order valence-corrected chi connectivity index (χ3v) is 3.91. The largest absolute Gasteiger partial charge is 0.462 e. The third-order valence-electron chi connectivity index (χ3n) is 2.83. The van der Waals surface area contributed by atoms with Gasteiger partial charge in [-0.15, -0.1) is 11.3 Å². The van der Waals surface area contributed by atoms with Gasteiger partial charge in [-0.05, 0) is 37.3 Å². The van der Waals surface area contributed by atoms with Crippen molar-refractivity contribution in [3.8, 4) is 10.6 Å². The van der Waals surface area contributed by atoms with Crippen molar-refractivity contribution >= 4 is 27.5 Å². The van der Waals surface area contributed by atoms with Gasteiger partial charge in [0.2, 0.25) is 0 Å². The number of benzene rings is 1. The number of carbonyl (C=O) groups is 1. The maximum absolute atomic E-state index is 11.7. The SMILES string of the molecule is CCOC(=O)c1ccc2sc(-c3ccncc3)nc2c1. The molecule has 0 saturated carbocycles. The molecule has 0 atom stereocenters. The fourth-order valence-electron chi connectivity index (χ4n) is 1.89. The summed E-state index contributed by atoms with van der Waals surface area (Å²) in [5.41, 5.74) is 2.37. The lowest BCUT2D eigenvalue weighted by Gasteiger charge is -2.00. The van der Waals surface area contributed by atoms with Gasteiger partial charge in [0.05, 0.1) is 22.4 Å². The minimum atomic E-state index is -0.312. The van der Waals surface area contributed by atoms with Crippen molar-refractivity contribution in [2.75, 3.05) is 6.61 Å². The van der Waals surface area contributed by atoms with E-state index in [2.05, 4.69) is 9.97 Å². The van der Waals surface area contributed by atoms with Crippen molar-refractivity contribution < 1.29 is 9.53 Å². The second kappa shape index (κ2) is 5.38. The number of hydrogen-bond acceptors (Lipinski definition) is 5. The Hall–Kier alpha value is -2.27. The number of nitrogens with zero attached hydrogens (tertiary/aromatic N) is 2. The molecule has 0 saturated heterocycles. The number of esters is 1. The van der Waals surface area contributed by atoms with Crippen LogP contribution in [0.15, 0.2) is 42.7 Å². The van der Waals surface area contributed by atoms with Gasteiger partial charge in [0.1, 0.15) is 5.01 Å². The minimum absolute atomic E-state index is 0.312. The standard InChI is InChI=1S/C15H12N2O2S/c1-2-19-15(18)11-3-4-13-12(9-11)17-14(20-13)10-5-7-16-8-6-10/h3-9H,2H2,1H3. The van der Waals surface area contributed by atoms with Gasteiger partial charge in [-0.3, -0.25) is 4.98 Å². The summed E-state index contributed by atoms with van der Waals surface area (Å²) in [5.74, 6) is -0.312. The molecule has 20 heavy (non-hydrogen) atoms. The first kappa shape index (κ1) is 12.7. The predicted molar refractivity (Wildman–Crippen MR) is 78.8 cm³/mol. The van der Waals surface area contributed by atoms with Gasteiger partial charge in [-0.25, -0.2) is 9.78 Å². The van der Waals surface area contributed by atoms with Crippen molar-refractivity contribution in [3.05, 3.63) is 48.3 Å². The van der Waals surface area contributed by atoms with Crippen molar-refractivity contribution in [3.63, 3.8) is 0 Å². The molecular weight excluding hydrogens is 272 g/mol. The minimum Gasteiger partial charge on any atom is -0.462 e. The number of hydrogen-bond donors (Lipinski definition) is 0. The second-order valence-electron chi connectivity index (χ2n) is 4.16. The first-order valence-electron chi connectivity index (χ1n) is 6.26. The van der Waals surface area contributed by atoms with E-state index < -0.39 is 0 Å². The smallest absolute Gasteiger partial charge is 0.338 e. The highest BCUT2D eigenvalue weighted by Gasteiger charge is 2.11. The van der Waals surface area contributed by atoms with Gasteiger partial charge in [0.25, 0.3) is 0 Å². The van der Waals surface area contributed by atoms with E-state index >= 15 is 0 Å². The molecule has 0 bridgehead atoms. The van der Waals surface area contributed by atoms with Gasteiger partial charge in [0, 0.05) is 18.0 Å². The monoisotopic (exact) mass is 284 g/mol. The lowest BCUT2D eigenvalue weighted by atomic mass is 10.2. The highest BCUT2D eigenvalue weighted by Crippen LogP contribution is 2.30. The number of thiazole rings is 1. The average Bonchev–Trinajstić information content (AvgIpc) is 2.91. The summed E-state index contributed by atoms with van der Waals surface area (Å²) in [5, 5.41) is 0.920. The van der Waals surface area contributed by atoms with Crippen molar-refractivity contribution in [1.82, 2.24) is 9.97 Å². The lowest BCUT2D eigenvalue weighted by Crippen LogP contribution is -2.03. The van der Waals surface area contributed by atoms with Gasteiger partial charge in [0.15, 0.2) is 0 Å². The van der Waals surface area contributed by atoms with Crippen LogP contribution >= 0.6 is 11.3 Å². The number of aromatic nitrogens is 2. The molecule has 2 heterocycles. The van der Waals surface area contributed by atoms with E-state index in [1.165, 1.54) is 0 Å². The Morgan fingerprint density at radius 1 is 1.25 bits per heavy atom. The zero-order valence-corrected chi connectivity index (χ0v) is 11.7. The maximum atomic E-state index is 11.7. The average molecular weight is 284 g/mol. The molecule has 0 radical (unpaired) electrons. The molecule has 5 heteroatoms. The van der Waals surface area contributed by atoms with Crippen LogP contribution in [0.4, 0.5) is 0 Å². The van der Waals surface area contributed by atoms with Crippen LogP contribution in [0, 0.1) is 0 Å². The summed E-state index contributed by atoms with van der Waals surface area (Å²) in [6, 6.07) is 9.29. The Bertz CT molecular complexity index is 753. The fraction of sp³-hybridized carbons (Fsp3) is 0.133. The Morgan fingerprint density at radius 3 is 2.80 bits per heavy atom. The van der Waals surface area contributed by atoms with E-state index in [9.17, 15) is 4.79 Å². The summed E-state index contributed by atoms with van der Waals surface area (Å²) >= 11 is 1.59. The summed E-state index contributed by atoms with van der Waals surface area (Å²) in [7, 11) is 0. The maximum Gasteiger partial charge on any atom is 0.338 e.